The molecule has 0 radical (unpaired) electrons. The van der Waals surface area contributed by atoms with E-state index in [0.29, 0.717) is 35.9 Å². The lowest BCUT2D eigenvalue weighted by molar-refractivity contribution is -0.141. The van der Waals surface area contributed by atoms with Gasteiger partial charge in [-0.15, -0.1) is 0 Å². The van der Waals surface area contributed by atoms with Crippen LogP contribution in [0.2, 0.25) is 0 Å². The third-order valence-electron chi connectivity index (χ3n) is 5.34. The summed E-state index contributed by atoms with van der Waals surface area (Å²) >= 11 is 0. The van der Waals surface area contributed by atoms with E-state index in [1.54, 1.807) is 13.0 Å². The molecule has 0 aliphatic carbocycles. The molecule has 0 spiro atoms. The lowest BCUT2D eigenvalue weighted by Crippen LogP contribution is -2.42. The summed E-state index contributed by atoms with van der Waals surface area (Å²) in [6.45, 7) is 6.79. The van der Waals surface area contributed by atoms with E-state index >= 15 is 0 Å². The first kappa shape index (κ1) is 23.8. The predicted octanol–water partition coefficient (Wildman–Crippen LogP) is 5.06. The van der Waals surface area contributed by atoms with Gasteiger partial charge in [-0.05, 0) is 55.2 Å². The van der Waals surface area contributed by atoms with Gasteiger partial charge in [0.05, 0.1) is 19.8 Å². The van der Waals surface area contributed by atoms with Gasteiger partial charge in [-0.1, -0.05) is 49.7 Å². The number of rotatable bonds is 9. The number of nitriles is 1. The zero-order chi connectivity index (χ0) is 23.8. The summed E-state index contributed by atoms with van der Waals surface area (Å²) in [5, 5.41) is 9.61. The molecule has 0 saturated heterocycles. The van der Waals surface area contributed by atoms with Crippen molar-refractivity contribution in [1.29, 1.82) is 5.26 Å². The fraction of sp³-hybridized carbons (Fsp3) is 0.296. The average Bonchev–Trinajstić information content (AvgIpc) is 2.82. The summed E-state index contributed by atoms with van der Waals surface area (Å²) in [6, 6.07) is 16.7. The van der Waals surface area contributed by atoms with Crippen LogP contribution in [0.5, 0.6) is 11.5 Å². The first-order chi connectivity index (χ1) is 16.0. The molecule has 170 valence electrons. The molecule has 6 nitrogen and oxygen atoms in total. The van der Waals surface area contributed by atoms with Gasteiger partial charge in [0.1, 0.15) is 11.6 Å². The number of carbonyl (C=O) groups excluding carboxylic acids is 2. The summed E-state index contributed by atoms with van der Waals surface area (Å²) in [4.78, 5) is 27.3. The summed E-state index contributed by atoms with van der Waals surface area (Å²) in [5.74, 6) is 0.233. The van der Waals surface area contributed by atoms with Crippen LogP contribution in [-0.4, -0.2) is 29.9 Å². The highest BCUT2D eigenvalue weighted by molar-refractivity contribution is 6.19. The van der Waals surface area contributed by atoms with E-state index in [2.05, 4.69) is 6.92 Å². The van der Waals surface area contributed by atoms with Gasteiger partial charge in [0, 0.05) is 5.57 Å². The number of imide groups is 1. The molecular weight excluding hydrogens is 416 g/mol. The third kappa shape index (κ3) is 5.50. The van der Waals surface area contributed by atoms with Gasteiger partial charge >= 0.3 is 0 Å². The normalized spacial score (nSPS) is 15.1. The molecule has 1 aliphatic rings. The minimum absolute atomic E-state index is 0.0265. The fourth-order valence-electron chi connectivity index (χ4n) is 3.53. The fourth-order valence-corrected chi connectivity index (χ4v) is 3.53. The largest absolute Gasteiger partial charge is 0.490 e. The number of benzene rings is 2. The van der Waals surface area contributed by atoms with Crippen LogP contribution in [0.15, 0.2) is 65.3 Å². The number of amides is 2. The first-order valence-electron chi connectivity index (χ1n) is 11.1. The second kappa shape index (κ2) is 11.1. The van der Waals surface area contributed by atoms with Crippen molar-refractivity contribution in [2.45, 2.75) is 40.2 Å². The van der Waals surface area contributed by atoms with Crippen LogP contribution in [-0.2, 0) is 16.1 Å². The van der Waals surface area contributed by atoms with Gasteiger partial charge in [-0.25, -0.2) is 0 Å². The summed E-state index contributed by atoms with van der Waals surface area (Å²) in [5.41, 5.74) is 2.18. The maximum atomic E-state index is 13.3. The SMILES string of the molecule is CCCCOc1ccc(/C=C2/C(=O)N(Cc3ccccc3)C(=O)C(C#N)=C2C)cc1OCC. The molecular formula is C27H28N2O4. The Hall–Kier alpha value is -3.85. The molecule has 0 saturated carbocycles. The lowest BCUT2D eigenvalue weighted by atomic mass is 9.93. The molecule has 2 aromatic rings. The standard InChI is InChI=1S/C27H28N2O4/c1-4-6-14-33-24-13-12-21(16-25(24)32-5-2)15-22-19(3)23(17-28)27(31)29(26(22)30)18-20-10-8-7-9-11-20/h7-13,15-16H,4-6,14,18H2,1-3H3/b22-15+. The van der Waals surface area contributed by atoms with Crippen LogP contribution in [0.4, 0.5) is 0 Å². The summed E-state index contributed by atoms with van der Waals surface area (Å²) < 4.78 is 11.6. The molecule has 2 aromatic carbocycles. The van der Waals surface area contributed by atoms with Crippen LogP contribution in [0, 0.1) is 11.3 Å². The van der Waals surface area contributed by atoms with Gasteiger partial charge in [0.15, 0.2) is 11.5 Å². The Balaban J connectivity index is 1.98. The monoisotopic (exact) mass is 444 g/mol. The Morgan fingerprint density at radius 1 is 1.00 bits per heavy atom. The van der Waals surface area contributed by atoms with E-state index in [1.807, 2.05) is 61.5 Å². The maximum Gasteiger partial charge on any atom is 0.271 e. The molecule has 1 aliphatic heterocycles. The van der Waals surface area contributed by atoms with Gasteiger partial charge in [-0.3, -0.25) is 14.5 Å². The Labute approximate surface area is 194 Å². The van der Waals surface area contributed by atoms with E-state index in [-0.39, 0.29) is 12.1 Å². The molecule has 2 amide bonds. The highest BCUT2D eigenvalue weighted by atomic mass is 16.5. The maximum absolute atomic E-state index is 13.3. The zero-order valence-corrected chi connectivity index (χ0v) is 19.3. The van der Waals surface area contributed by atoms with Crippen molar-refractivity contribution < 1.29 is 19.1 Å². The van der Waals surface area contributed by atoms with E-state index in [4.69, 9.17) is 9.47 Å². The van der Waals surface area contributed by atoms with Gasteiger partial charge < -0.3 is 9.47 Å². The molecule has 0 N–H and O–H groups in total. The van der Waals surface area contributed by atoms with Crippen molar-refractivity contribution >= 4 is 17.9 Å². The van der Waals surface area contributed by atoms with Crippen LogP contribution in [0.25, 0.3) is 6.08 Å². The molecule has 0 fully saturated rings. The van der Waals surface area contributed by atoms with E-state index in [0.717, 1.165) is 28.9 Å². The van der Waals surface area contributed by atoms with E-state index in [1.165, 1.54) is 0 Å². The topological polar surface area (TPSA) is 79.6 Å². The Morgan fingerprint density at radius 3 is 2.42 bits per heavy atom. The highest BCUT2D eigenvalue weighted by Gasteiger charge is 2.35. The molecule has 0 aromatic heterocycles. The number of ether oxygens (including phenoxy) is 2. The first-order valence-corrected chi connectivity index (χ1v) is 11.1. The smallest absolute Gasteiger partial charge is 0.271 e. The number of carbonyl (C=O) groups is 2. The molecule has 6 heteroatoms. The summed E-state index contributed by atoms with van der Waals surface area (Å²) in [7, 11) is 0. The third-order valence-corrected chi connectivity index (χ3v) is 5.34. The number of hydrogen-bond donors (Lipinski definition) is 0. The Bertz CT molecular complexity index is 1130. The van der Waals surface area contributed by atoms with Crippen LogP contribution in [0.3, 0.4) is 0 Å². The lowest BCUT2D eigenvalue weighted by Gasteiger charge is -2.27. The van der Waals surface area contributed by atoms with Crippen molar-refractivity contribution in [3.8, 4) is 17.6 Å². The van der Waals surface area contributed by atoms with Crippen LogP contribution < -0.4 is 9.47 Å². The average molecular weight is 445 g/mol. The zero-order valence-electron chi connectivity index (χ0n) is 19.3. The number of hydrogen-bond acceptors (Lipinski definition) is 5. The molecule has 0 unspecified atom stereocenters. The quantitative estimate of drug-likeness (QED) is 0.307. The number of nitrogens with zero attached hydrogens (tertiary/aromatic N) is 2. The van der Waals surface area contributed by atoms with Crippen molar-refractivity contribution in [1.82, 2.24) is 4.90 Å². The van der Waals surface area contributed by atoms with Crippen LogP contribution in [0.1, 0.15) is 44.7 Å². The second-order valence-electron chi connectivity index (χ2n) is 7.69. The second-order valence-corrected chi connectivity index (χ2v) is 7.69. The summed E-state index contributed by atoms with van der Waals surface area (Å²) in [6.07, 6.45) is 3.66. The minimum Gasteiger partial charge on any atom is -0.490 e. The van der Waals surface area contributed by atoms with Gasteiger partial charge in [0.2, 0.25) is 0 Å². The molecule has 0 bridgehead atoms. The molecule has 1 heterocycles. The molecule has 3 rings (SSSR count). The highest BCUT2D eigenvalue weighted by Crippen LogP contribution is 2.32. The van der Waals surface area contributed by atoms with Gasteiger partial charge in [-0.2, -0.15) is 5.26 Å². The molecule has 33 heavy (non-hydrogen) atoms. The minimum atomic E-state index is -0.573. The Kier molecular flexibility index (Phi) is 8.04. The van der Waals surface area contributed by atoms with E-state index in [9.17, 15) is 14.9 Å². The van der Waals surface area contributed by atoms with Crippen molar-refractivity contribution in [2.24, 2.45) is 0 Å². The molecule has 0 atom stereocenters. The Morgan fingerprint density at radius 2 is 1.76 bits per heavy atom. The predicted molar refractivity (Wildman–Crippen MR) is 126 cm³/mol. The van der Waals surface area contributed by atoms with Crippen molar-refractivity contribution in [3.05, 3.63) is 76.4 Å². The van der Waals surface area contributed by atoms with E-state index < -0.39 is 11.8 Å². The number of unbranched alkanes of at least 4 members (excludes halogenated alkanes) is 1. The van der Waals surface area contributed by atoms with Crippen molar-refractivity contribution in [3.63, 3.8) is 0 Å². The van der Waals surface area contributed by atoms with Crippen molar-refractivity contribution in [2.75, 3.05) is 13.2 Å². The van der Waals surface area contributed by atoms with Gasteiger partial charge in [0.25, 0.3) is 11.8 Å². The van der Waals surface area contributed by atoms with Crippen LogP contribution >= 0.6 is 0 Å².